The number of hydrogen-bond acceptors (Lipinski definition) is 4. The molecule has 1 heterocycles. The lowest BCUT2D eigenvalue weighted by Crippen LogP contribution is -2.33. The quantitative estimate of drug-likeness (QED) is 0.839. The Bertz CT molecular complexity index is 705. The summed E-state index contributed by atoms with van der Waals surface area (Å²) in [6, 6.07) is 3.55. The molecule has 1 aliphatic carbocycles. The van der Waals surface area contributed by atoms with Crippen LogP contribution in [0.5, 0.6) is 5.75 Å². The van der Waals surface area contributed by atoms with Gasteiger partial charge in [-0.15, -0.1) is 12.4 Å². The van der Waals surface area contributed by atoms with Crippen molar-refractivity contribution in [1.29, 1.82) is 0 Å². The normalized spacial score (nSPS) is 27.1. The first kappa shape index (κ1) is 19.7. The fourth-order valence-corrected chi connectivity index (χ4v) is 5.30. The molecular weight excluding hydrogens is 385 g/mol. The van der Waals surface area contributed by atoms with Crippen LogP contribution in [-0.2, 0) is 10.0 Å². The third-order valence-corrected chi connectivity index (χ3v) is 6.76. The predicted octanol–water partition coefficient (Wildman–Crippen LogP) is 2.72. The number of benzene rings is 1. The molecule has 1 saturated carbocycles. The molecule has 136 valence electrons. The molecule has 0 spiro atoms. The number of ether oxygens (including phenoxy) is 1. The van der Waals surface area contributed by atoms with Gasteiger partial charge in [-0.05, 0) is 42.9 Å². The molecule has 24 heavy (non-hydrogen) atoms. The number of fused-ring (bicyclic) bond motifs is 1. The van der Waals surface area contributed by atoms with Gasteiger partial charge in [-0.3, -0.25) is 0 Å². The minimum Gasteiger partial charge on any atom is -0.433 e. The van der Waals surface area contributed by atoms with Gasteiger partial charge in [-0.25, -0.2) is 8.42 Å². The van der Waals surface area contributed by atoms with E-state index >= 15 is 0 Å². The van der Waals surface area contributed by atoms with E-state index in [-0.39, 0.29) is 46.0 Å². The standard InChI is InChI=1S/C14H17ClF2N2O3S.ClH/c15-11-5-9(2-4-13(11)22-14(16)17)23(20,21)19-6-8-1-3-12(18)10(8)7-19;/h2,4-5,8,10,12,14H,1,3,6-7,18H2;1H. The Kier molecular flexibility index (Phi) is 5.97. The second-order valence-corrected chi connectivity index (χ2v) is 8.30. The summed E-state index contributed by atoms with van der Waals surface area (Å²) in [5.41, 5.74) is 6.02. The lowest BCUT2D eigenvalue weighted by atomic mass is 9.98. The molecule has 0 amide bonds. The van der Waals surface area contributed by atoms with Crippen LogP contribution < -0.4 is 10.5 Å². The molecule has 0 bridgehead atoms. The highest BCUT2D eigenvalue weighted by Crippen LogP contribution is 2.40. The van der Waals surface area contributed by atoms with Crippen molar-refractivity contribution in [3.63, 3.8) is 0 Å². The van der Waals surface area contributed by atoms with Crippen LogP contribution in [0, 0.1) is 11.8 Å². The molecule has 3 atom stereocenters. The first-order valence-corrected chi connectivity index (χ1v) is 9.11. The van der Waals surface area contributed by atoms with Gasteiger partial charge in [0.2, 0.25) is 10.0 Å². The Morgan fingerprint density at radius 2 is 2.00 bits per heavy atom. The zero-order valence-corrected chi connectivity index (χ0v) is 15.0. The summed E-state index contributed by atoms with van der Waals surface area (Å²) in [7, 11) is -3.72. The zero-order valence-electron chi connectivity index (χ0n) is 12.6. The van der Waals surface area contributed by atoms with Crippen molar-refractivity contribution in [2.45, 2.75) is 30.4 Å². The second kappa shape index (κ2) is 7.29. The maximum Gasteiger partial charge on any atom is 0.387 e. The van der Waals surface area contributed by atoms with Crippen molar-refractivity contribution in [2.75, 3.05) is 13.1 Å². The van der Waals surface area contributed by atoms with E-state index in [1.807, 2.05) is 0 Å². The summed E-state index contributed by atoms with van der Waals surface area (Å²) in [6.45, 7) is -2.19. The lowest BCUT2D eigenvalue weighted by molar-refractivity contribution is -0.0498. The lowest BCUT2D eigenvalue weighted by Gasteiger charge is -2.19. The van der Waals surface area contributed by atoms with Gasteiger partial charge in [-0.1, -0.05) is 11.6 Å². The smallest absolute Gasteiger partial charge is 0.387 e. The molecule has 3 unspecified atom stereocenters. The van der Waals surface area contributed by atoms with Crippen molar-refractivity contribution in [1.82, 2.24) is 4.31 Å². The van der Waals surface area contributed by atoms with E-state index in [0.717, 1.165) is 25.0 Å². The third kappa shape index (κ3) is 3.62. The van der Waals surface area contributed by atoms with Crippen molar-refractivity contribution in [2.24, 2.45) is 17.6 Å². The van der Waals surface area contributed by atoms with E-state index in [0.29, 0.717) is 13.1 Å². The molecule has 1 saturated heterocycles. The van der Waals surface area contributed by atoms with Crippen LogP contribution in [-0.4, -0.2) is 38.5 Å². The van der Waals surface area contributed by atoms with Crippen molar-refractivity contribution < 1.29 is 21.9 Å². The van der Waals surface area contributed by atoms with Crippen LogP contribution in [0.25, 0.3) is 0 Å². The number of rotatable bonds is 4. The van der Waals surface area contributed by atoms with Crippen LogP contribution >= 0.6 is 24.0 Å². The van der Waals surface area contributed by atoms with Gasteiger partial charge in [0.1, 0.15) is 5.75 Å². The summed E-state index contributed by atoms with van der Waals surface area (Å²) in [4.78, 5) is -0.0299. The number of nitrogens with zero attached hydrogens (tertiary/aromatic N) is 1. The summed E-state index contributed by atoms with van der Waals surface area (Å²) < 4.78 is 55.5. The molecule has 0 aromatic heterocycles. The van der Waals surface area contributed by atoms with E-state index in [4.69, 9.17) is 17.3 Å². The van der Waals surface area contributed by atoms with Gasteiger partial charge >= 0.3 is 6.61 Å². The monoisotopic (exact) mass is 402 g/mol. The van der Waals surface area contributed by atoms with Crippen LogP contribution in [0.15, 0.2) is 23.1 Å². The molecular formula is C14H18Cl2F2N2O3S. The van der Waals surface area contributed by atoms with Crippen LogP contribution in [0.1, 0.15) is 12.8 Å². The van der Waals surface area contributed by atoms with Gasteiger partial charge < -0.3 is 10.5 Å². The Morgan fingerprint density at radius 3 is 2.58 bits per heavy atom. The Labute approximate surface area is 150 Å². The number of alkyl halides is 2. The topological polar surface area (TPSA) is 72.6 Å². The maximum absolute atomic E-state index is 12.7. The van der Waals surface area contributed by atoms with E-state index in [1.54, 1.807) is 0 Å². The highest BCUT2D eigenvalue weighted by Gasteiger charge is 2.45. The fourth-order valence-electron chi connectivity index (χ4n) is 3.45. The van der Waals surface area contributed by atoms with Crippen LogP contribution in [0.3, 0.4) is 0 Å². The summed E-state index contributed by atoms with van der Waals surface area (Å²) in [6.07, 6.45) is 1.86. The summed E-state index contributed by atoms with van der Waals surface area (Å²) in [5, 5.41) is -0.164. The Hall–Kier alpha value is -0.670. The average molecular weight is 403 g/mol. The third-order valence-electron chi connectivity index (χ3n) is 4.64. The summed E-state index contributed by atoms with van der Waals surface area (Å²) >= 11 is 5.84. The molecule has 1 aliphatic heterocycles. The molecule has 1 aromatic carbocycles. The Morgan fingerprint density at radius 1 is 1.29 bits per heavy atom. The highest BCUT2D eigenvalue weighted by molar-refractivity contribution is 7.89. The van der Waals surface area contributed by atoms with Gasteiger partial charge in [0, 0.05) is 19.1 Å². The molecule has 5 nitrogen and oxygen atoms in total. The number of sulfonamides is 1. The van der Waals surface area contributed by atoms with Gasteiger partial charge in [-0.2, -0.15) is 13.1 Å². The SMILES string of the molecule is Cl.NC1CCC2CN(S(=O)(=O)c3ccc(OC(F)F)c(Cl)c3)CC12. The van der Waals surface area contributed by atoms with Gasteiger partial charge in [0.05, 0.1) is 9.92 Å². The van der Waals surface area contributed by atoms with Crippen molar-refractivity contribution in [3.8, 4) is 5.75 Å². The van der Waals surface area contributed by atoms with E-state index in [9.17, 15) is 17.2 Å². The molecule has 1 aromatic rings. The zero-order chi connectivity index (χ0) is 16.8. The number of halogens is 4. The van der Waals surface area contributed by atoms with Crippen molar-refractivity contribution >= 4 is 34.0 Å². The Balaban J connectivity index is 0.00000208. The molecule has 10 heteroatoms. The number of nitrogens with two attached hydrogens (primary N) is 1. The molecule has 0 radical (unpaired) electrons. The van der Waals surface area contributed by atoms with E-state index < -0.39 is 16.6 Å². The van der Waals surface area contributed by atoms with Crippen LogP contribution in [0.4, 0.5) is 8.78 Å². The van der Waals surface area contributed by atoms with Crippen LogP contribution in [0.2, 0.25) is 5.02 Å². The second-order valence-electron chi connectivity index (χ2n) is 5.96. The van der Waals surface area contributed by atoms with Crippen molar-refractivity contribution in [3.05, 3.63) is 23.2 Å². The minimum atomic E-state index is -3.72. The average Bonchev–Trinajstić information content (AvgIpc) is 3.04. The largest absolute Gasteiger partial charge is 0.433 e. The number of hydrogen-bond donors (Lipinski definition) is 1. The first-order valence-electron chi connectivity index (χ1n) is 7.29. The molecule has 2 aliphatic rings. The predicted molar refractivity (Wildman–Crippen MR) is 88.3 cm³/mol. The van der Waals surface area contributed by atoms with E-state index in [2.05, 4.69) is 4.74 Å². The van der Waals surface area contributed by atoms with Gasteiger partial charge in [0.25, 0.3) is 0 Å². The molecule has 2 N–H and O–H groups in total. The fraction of sp³-hybridized carbons (Fsp3) is 0.571. The molecule has 3 rings (SSSR count). The minimum absolute atomic E-state index is 0. The van der Waals surface area contributed by atoms with E-state index in [1.165, 1.54) is 10.4 Å². The summed E-state index contributed by atoms with van der Waals surface area (Å²) in [5.74, 6) is 0.222. The first-order chi connectivity index (χ1) is 10.8. The maximum atomic E-state index is 12.7. The molecule has 2 fully saturated rings. The van der Waals surface area contributed by atoms with Gasteiger partial charge in [0.15, 0.2) is 0 Å². The highest BCUT2D eigenvalue weighted by atomic mass is 35.5.